The van der Waals surface area contributed by atoms with E-state index < -0.39 is 0 Å². The fraction of sp³-hybridized carbons (Fsp3) is 0.600. The van der Waals surface area contributed by atoms with Gasteiger partial charge in [0.15, 0.2) is 0 Å². The summed E-state index contributed by atoms with van der Waals surface area (Å²) < 4.78 is 6.24. The highest BCUT2D eigenvalue weighted by Gasteiger charge is 2.28. The van der Waals surface area contributed by atoms with Crippen LogP contribution in [0.1, 0.15) is 31.7 Å². The Labute approximate surface area is 109 Å². The second kappa shape index (κ2) is 4.81. The van der Waals surface area contributed by atoms with E-state index >= 15 is 0 Å². The average molecular weight is 246 g/mol. The molecule has 3 nitrogen and oxygen atoms in total. The van der Waals surface area contributed by atoms with E-state index in [0.29, 0.717) is 0 Å². The van der Waals surface area contributed by atoms with Gasteiger partial charge in [0.1, 0.15) is 11.4 Å². The topological polar surface area (TPSA) is 33.3 Å². The Bertz CT molecular complexity index is 425. The Balaban J connectivity index is 1.76. The number of fused-ring (bicyclic) bond motifs is 1. The van der Waals surface area contributed by atoms with Crippen molar-refractivity contribution in [2.75, 3.05) is 25.0 Å². The second-order valence-electron chi connectivity index (χ2n) is 5.65. The molecule has 2 heterocycles. The Morgan fingerprint density at radius 3 is 2.83 bits per heavy atom. The van der Waals surface area contributed by atoms with Crippen LogP contribution in [0.4, 0.5) is 5.69 Å². The van der Waals surface area contributed by atoms with Crippen LogP contribution >= 0.6 is 0 Å². The molecule has 0 atom stereocenters. The van der Waals surface area contributed by atoms with E-state index in [1.807, 2.05) is 0 Å². The van der Waals surface area contributed by atoms with Crippen LogP contribution in [-0.2, 0) is 6.42 Å². The molecular formula is C15H22N2O. The Morgan fingerprint density at radius 2 is 2.00 bits per heavy atom. The van der Waals surface area contributed by atoms with E-state index in [0.717, 1.165) is 44.6 Å². The minimum Gasteiger partial charge on any atom is -0.487 e. The molecule has 18 heavy (non-hydrogen) atoms. The van der Waals surface area contributed by atoms with E-state index in [9.17, 15) is 0 Å². The van der Waals surface area contributed by atoms with Crippen LogP contribution in [0.2, 0.25) is 0 Å². The second-order valence-corrected chi connectivity index (χ2v) is 5.65. The number of hydrogen-bond donors (Lipinski definition) is 2. The van der Waals surface area contributed by atoms with Gasteiger partial charge in [0.25, 0.3) is 0 Å². The molecule has 0 saturated carbocycles. The molecule has 0 bridgehead atoms. The van der Waals surface area contributed by atoms with Crippen LogP contribution in [-0.4, -0.2) is 25.2 Å². The van der Waals surface area contributed by atoms with Crippen LogP contribution in [0.5, 0.6) is 5.75 Å². The maximum atomic E-state index is 6.24. The van der Waals surface area contributed by atoms with Crippen molar-refractivity contribution < 1.29 is 4.74 Å². The standard InChI is InChI=1S/C15H22N2O/c1-15(6-9-16-10-7-15)18-13-4-5-14-12(11-13)3-2-8-17-14/h4-5,11,16-17H,2-3,6-10H2,1H3. The first-order valence-electron chi connectivity index (χ1n) is 7.02. The zero-order chi connectivity index (χ0) is 12.4. The molecule has 1 aromatic carbocycles. The van der Waals surface area contributed by atoms with E-state index in [1.54, 1.807) is 0 Å². The third-order valence-corrected chi connectivity index (χ3v) is 4.04. The molecule has 0 aliphatic carbocycles. The summed E-state index contributed by atoms with van der Waals surface area (Å²) in [7, 11) is 0. The molecule has 3 rings (SSSR count). The van der Waals surface area contributed by atoms with Gasteiger partial charge in [-0.25, -0.2) is 0 Å². The van der Waals surface area contributed by atoms with Gasteiger partial charge in [0, 0.05) is 12.2 Å². The number of piperidine rings is 1. The molecule has 1 saturated heterocycles. The summed E-state index contributed by atoms with van der Waals surface area (Å²) in [4.78, 5) is 0. The van der Waals surface area contributed by atoms with Gasteiger partial charge < -0.3 is 15.4 Å². The Kier molecular flexibility index (Phi) is 3.16. The van der Waals surface area contributed by atoms with E-state index in [1.165, 1.54) is 17.7 Å². The molecule has 2 aliphatic rings. The summed E-state index contributed by atoms with van der Waals surface area (Å²) in [5.74, 6) is 1.03. The van der Waals surface area contributed by atoms with Gasteiger partial charge in [0.05, 0.1) is 0 Å². The van der Waals surface area contributed by atoms with Gasteiger partial charge >= 0.3 is 0 Å². The number of ether oxygens (including phenoxy) is 1. The summed E-state index contributed by atoms with van der Waals surface area (Å²) in [6.07, 6.45) is 4.56. The zero-order valence-corrected chi connectivity index (χ0v) is 11.1. The molecule has 0 spiro atoms. The summed E-state index contributed by atoms with van der Waals surface area (Å²) in [6, 6.07) is 6.48. The van der Waals surface area contributed by atoms with Crippen molar-refractivity contribution in [1.82, 2.24) is 5.32 Å². The molecule has 0 radical (unpaired) electrons. The minimum absolute atomic E-state index is 0.00157. The SMILES string of the molecule is CC1(Oc2ccc3c(c2)CCCN3)CCNCC1. The highest BCUT2D eigenvalue weighted by molar-refractivity contribution is 5.55. The maximum Gasteiger partial charge on any atom is 0.120 e. The van der Waals surface area contributed by atoms with Gasteiger partial charge in [-0.15, -0.1) is 0 Å². The lowest BCUT2D eigenvalue weighted by atomic mass is 9.94. The third kappa shape index (κ3) is 2.46. The number of rotatable bonds is 2. The van der Waals surface area contributed by atoms with Crippen molar-refractivity contribution in [3.05, 3.63) is 23.8 Å². The lowest BCUT2D eigenvalue weighted by molar-refractivity contribution is 0.0555. The Hall–Kier alpha value is -1.22. The average Bonchev–Trinajstić information content (AvgIpc) is 2.39. The first-order valence-corrected chi connectivity index (χ1v) is 7.02. The number of benzene rings is 1. The van der Waals surface area contributed by atoms with Crippen molar-refractivity contribution in [3.63, 3.8) is 0 Å². The van der Waals surface area contributed by atoms with Gasteiger partial charge in [-0.05, 0) is 69.5 Å². The predicted octanol–water partition coefficient (Wildman–Crippen LogP) is 2.57. The van der Waals surface area contributed by atoms with Gasteiger partial charge in [-0.2, -0.15) is 0 Å². The van der Waals surface area contributed by atoms with Gasteiger partial charge in [0.2, 0.25) is 0 Å². The number of anilines is 1. The number of aryl methyl sites for hydroxylation is 1. The molecule has 2 N–H and O–H groups in total. The summed E-state index contributed by atoms with van der Waals surface area (Å²) in [6.45, 7) is 5.44. The molecule has 0 amide bonds. The third-order valence-electron chi connectivity index (χ3n) is 4.04. The van der Waals surface area contributed by atoms with Crippen molar-refractivity contribution in [2.45, 2.75) is 38.2 Å². The predicted molar refractivity (Wildman–Crippen MR) is 74.4 cm³/mol. The largest absolute Gasteiger partial charge is 0.487 e. The molecule has 0 unspecified atom stereocenters. The molecule has 0 aromatic heterocycles. The van der Waals surface area contributed by atoms with Crippen molar-refractivity contribution in [1.29, 1.82) is 0 Å². The fourth-order valence-corrected chi connectivity index (χ4v) is 2.86. The van der Waals surface area contributed by atoms with Crippen molar-refractivity contribution >= 4 is 5.69 Å². The van der Waals surface area contributed by atoms with Crippen LogP contribution in [0.25, 0.3) is 0 Å². The fourth-order valence-electron chi connectivity index (χ4n) is 2.86. The zero-order valence-electron chi connectivity index (χ0n) is 11.1. The lowest BCUT2D eigenvalue weighted by Crippen LogP contribution is -2.43. The first kappa shape index (κ1) is 11.8. The normalized spacial score (nSPS) is 21.8. The van der Waals surface area contributed by atoms with Crippen molar-refractivity contribution in [3.8, 4) is 5.75 Å². The highest BCUT2D eigenvalue weighted by atomic mass is 16.5. The van der Waals surface area contributed by atoms with Crippen LogP contribution in [0.15, 0.2) is 18.2 Å². The van der Waals surface area contributed by atoms with Gasteiger partial charge in [-0.1, -0.05) is 0 Å². The number of nitrogens with one attached hydrogen (secondary N) is 2. The molecular weight excluding hydrogens is 224 g/mol. The molecule has 98 valence electrons. The van der Waals surface area contributed by atoms with E-state index in [-0.39, 0.29) is 5.60 Å². The summed E-state index contributed by atoms with van der Waals surface area (Å²) >= 11 is 0. The molecule has 2 aliphatic heterocycles. The van der Waals surface area contributed by atoms with Crippen LogP contribution in [0, 0.1) is 0 Å². The number of hydrogen-bond acceptors (Lipinski definition) is 3. The smallest absolute Gasteiger partial charge is 0.120 e. The minimum atomic E-state index is 0.00157. The molecule has 3 heteroatoms. The monoisotopic (exact) mass is 246 g/mol. The maximum absolute atomic E-state index is 6.24. The van der Waals surface area contributed by atoms with Crippen LogP contribution < -0.4 is 15.4 Å². The quantitative estimate of drug-likeness (QED) is 0.841. The lowest BCUT2D eigenvalue weighted by Gasteiger charge is -2.35. The highest BCUT2D eigenvalue weighted by Crippen LogP contribution is 2.30. The van der Waals surface area contributed by atoms with Gasteiger partial charge in [-0.3, -0.25) is 0 Å². The summed E-state index contributed by atoms with van der Waals surface area (Å²) in [5, 5.41) is 6.82. The molecule has 1 fully saturated rings. The van der Waals surface area contributed by atoms with E-state index in [4.69, 9.17) is 4.74 Å². The first-order chi connectivity index (χ1) is 8.75. The molecule has 1 aromatic rings. The van der Waals surface area contributed by atoms with E-state index in [2.05, 4.69) is 35.8 Å². The summed E-state index contributed by atoms with van der Waals surface area (Å²) in [5.41, 5.74) is 2.68. The Morgan fingerprint density at radius 1 is 1.17 bits per heavy atom. The van der Waals surface area contributed by atoms with Crippen molar-refractivity contribution in [2.24, 2.45) is 0 Å². The van der Waals surface area contributed by atoms with Crippen LogP contribution in [0.3, 0.4) is 0 Å².